The van der Waals surface area contributed by atoms with E-state index in [2.05, 4.69) is 19.2 Å². The molecule has 0 heterocycles. The van der Waals surface area contributed by atoms with Crippen LogP contribution in [0.5, 0.6) is 0 Å². The fourth-order valence-electron chi connectivity index (χ4n) is 1.89. The van der Waals surface area contributed by atoms with Crippen molar-refractivity contribution in [3.05, 3.63) is 0 Å². The summed E-state index contributed by atoms with van der Waals surface area (Å²) in [5.41, 5.74) is 5.05. The fraction of sp³-hybridized carbons (Fsp3) is 0.875. The van der Waals surface area contributed by atoms with Crippen molar-refractivity contribution in [2.75, 3.05) is 0 Å². The zero-order valence-electron chi connectivity index (χ0n) is 7.54. The molecule has 1 fully saturated rings. The fourth-order valence-corrected chi connectivity index (χ4v) is 1.89. The van der Waals surface area contributed by atoms with E-state index in [0.717, 1.165) is 0 Å². The van der Waals surface area contributed by atoms with Crippen LogP contribution in [0.25, 0.3) is 0 Å². The summed E-state index contributed by atoms with van der Waals surface area (Å²) in [6.07, 6.45) is 2.40. The van der Waals surface area contributed by atoms with Gasteiger partial charge in [0.05, 0.1) is 0 Å². The minimum atomic E-state index is -0.393. The molecule has 0 radical (unpaired) electrons. The Morgan fingerprint density at radius 2 is 1.75 bits per heavy atom. The third-order valence-corrected chi connectivity index (χ3v) is 2.61. The number of urea groups is 1. The van der Waals surface area contributed by atoms with Crippen LogP contribution in [-0.4, -0.2) is 12.1 Å². The molecule has 1 rings (SSSR count). The Kier molecular flexibility index (Phi) is 4.39. The van der Waals surface area contributed by atoms with Crippen molar-refractivity contribution in [1.29, 1.82) is 0 Å². The van der Waals surface area contributed by atoms with E-state index in [1.807, 2.05) is 0 Å². The first-order chi connectivity index (χ1) is 5.11. The highest BCUT2D eigenvalue weighted by Crippen LogP contribution is 2.30. The minimum Gasteiger partial charge on any atom is -0.352 e. The number of carbonyl (C=O) groups is 1. The molecule has 12 heavy (non-hydrogen) atoms. The van der Waals surface area contributed by atoms with Crippen molar-refractivity contribution in [1.82, 2.24) is 5.32 Å². The molecule has 1 aliphatic rings. The molecule has 1 aliphatic carbocycles. The molecule has 2 atom stereocenters. The lowest BCUT2D eigenvalue weighted by Crippen LogP contribution is -2.42. The quantitative estimate of drug-likeness (QED) is 0.650. The van der Waals surface area contributed by atoms with Gasteiger partial charge in [-0.1, -0.05) is 13.8 Å². The van der Waals surface area contributed by atoms with Gasteiger partial charge in [0.2, 0.25) is 0 Å². The summed E-state index contributed by atoms with van der Waals surface area (Å²) in [5, 5.41) is 2.78. The summed E-state index contributed by atoms with van der Waals surface area (Å²) >= 11 is 0. The van der Waals surface area contributed by atoms with E-state index in [0.29, 0.717) is 17.9 Å². The molecule has 72 valence electrons. The monoisotopic (exact) mass is 192 g/mol. The summed E-state index contributed by atoms with van der Waals surface area (Å²) in [4.78, 5) is 10.6. The van der Waals surface area contributed by atoms with Crippen LogP contribution in [0, 0.1) is 11.8 Å². The Morgan fingerprint density at radius 3 is 2.08 bits per heavy atom. The number of carbonyl (C=O) groups excluding carboxylic acids is 1. The van der Waals surface area contributed by atoms with Crippen LogP contribution < -0.4 is 11.1 Å². The number of amides is 2. The van der Waals surface area contributed by atoms with Crippen molar-refractivity contribution in [2.45, 2.75) is 32.7 Å². The van der Waals surface area contributed by atoms with Gasteiger partial charge in [-0.15, -0.1) is 12.4 Å². The number of primary amides is 1. The number of nitrogens with one attached hydrogen (secondary N) is 1. The topological polar surface area (TPSA) is 55.1 Å². The number of nitrogens with two attached hydrogens (primary N) is 1. The van der Waals surface area contributed by atoms with E-state index < -0.39 is 6.03 Å². The summed E-state index contributed by atoms with van der Waals surface area (Å²) in [7, 11) is 0. The maximum Gasteiger partial charge on any atom is 0.312 e. The summed E-state index contributed by atoms with van der Waals surface area (Å²) < 4.78 is 0. The molecule has 3 nitrogen and oxygen atoms in total. The molecule has 2 unspecified atom stereocenters. The van der Waals surface area contributed by atoms with Crippen LogP contribution >= 0.6 is 12.4 Å². The molecule has 0 aromatic rings. The van der Waals surface area contributed by atoms with Gasteiger partial charge in [-0.3, -0.25) is 0 Å². The largest absolute Gasteiger partial charge is 0.352 e. The normalized spacial score (nSPS) is 34.0. The molecule has 0 aromatic carbocycles. The van der Waals surface area contributed by atoms with Gasteiger partial charge in [-0.2, -0.15) is 0 Å². The highest BCUT2D eigenvalue weighted by molar-refractivity contribution is 5.85. The van der Waals surface area contributed by atoms with Gasteiger partial charge in [-0.05, 0) is 24.7 Å². The van der Waals surface area contributed by atoms with Crippen LogP contribution in [0.2, 0.25) is 0 Å². The molecule has 0 aliphatic heterocycles. The number of hydrogen-bond donors (Lipinski definition) is 2. The van der Waals surface area contributed by atoms with Crippen LogP contribution in [0.4, 0.5) is 4.79 Å². The van der Waals surface area contributed by atoms with Crippen LogP contribution in [0.15, 0.2) is 0 Å². The molecule has 0 aromatic heterocycles. The Hall–Kier alpha value is -0.440. The maximum absolute atomic E-state index is 10.6. The molecular formula is C8H17ClN2O. The van der Waals surface area contributed by atoms with Gasteiger partial charge >= 0.3 is 6.03 Å². The Bertz CT molecular complexity index is 153. The average Bonchev–Trinajstić information content (AvgIpc) is 2.18. The predicted octanol–water partition coefficient (Wildman–Crippen LogP) is 1.51. The van der Waals surface area contributed by atoms with Crippen LogP contribution in [0.3, 0.4) is 0 Å². The Morgan fingerprint density at radius 1 is 1.33 bits per heavy atom. The number of halogens is 1. The lowest BCUT2D eigenvalue weighted by Gasteiger charge is -2.19. The molecule has 2 amide bonds. The first-order valence-corrected chi connectivity index (χ1v) is 4.17. The van der Waals surface area contributed by atoms with E-state index in [1.54, 1.807) is 0 Å². The third kappa shape index (κ3) is 2.55. The Balaban J connectivity index is 0.00000121. The van der Waals surface area contributed by atoms with Gasteiger partial charge in [0.15, 0.2) is 0 Å². The van der Waals surface area contributed by atoms with E-state index in [4.69, 9.17) is 5.73 Å². The number of hydrogen-bond acceptors (Lipinski definition) is 1. The van der Waals surface area contributed by atoms with Crippen LogP contribution in [-0.2, 0) is 0 Å². The van der Waals surface area contributed by atoms with Gasteiger partial charge < -0.3 is 11.1 Å². The highest BCUT2D eigenvalue weighted by Gasteiger charge is 2.30. The second kappa shape index (κ2) is 4.55. The smallest absolute Gasteiger partial charge is 0.312 e. The molecule has 0 spiro atoms. The minimum absolute atomic E-state index is 0. The van der Waals surface area contributed by atoms with E-state index >= 15 is 0 Å². The SMILES string of the molecule is CC1CCC(C)C1NC(N)=O.Cl. The van der Waals surface area contributed by atoms with Gasteiger partial charge in [0.1, 0.15) is 0 Å². The summed E-state index contributed by atoms with van der Waals surface area (Å²) in [6, 6.07) is -0.0944. The predicted molar refractivity (Wildman–Crippen MR) is 51.3 cm³/mol. The summed E-state index contributed by atoms with van der Waals surface area (Å²) in [6.45, 7) is 4.31. The van der Waals surface area contributed by atoms with Crippen molar-refractivity contribution < 1.29 is 4.79 Å². The van der Waals surface area contributed by atoms with E-state index in [9.17, 15) is 4.79 Å². The molecule has 1 saturated carbocycles. The molecule has 0 bridgehead atoms. The summed E-state index contributed by atoms with van der Waals surface area (Å²) in [5.74, 6) is 1.16. The maximum atomic E-state index is 10.6. The van der Waals surface area contributed by atoms with Gasteiger partial charge in [-0.25, -0.2) is 4.79 Å². The Labute approximate surface area is 79.5 Å². The van der Waals surface area contributed by atoms with Gasteiger partial charge in [0, 0.05) is 6.04 Å². The lowest BCUT2D eigenvalue weighted by atomic mass is 10.0. The molecule has 3 N–H and O–H groups in total. The molecule has 0 saturated heterocycles. The zero-order chi connectivity index (χ0) is 8.43. The second-order valence-electron chi connectivity index (χ2n) is 3.57. The second-order valence-corrected chi connectivity index (χ2v) is 3.57. The number of rotatable bonds is 1. The van der Waals surface area contributed by atoms with Crippen molar-refractivity contribution in [2.24, 2.45) is 17.6 Å². The third-order valence-electron chi connectivity index (χ3n) is 2.61. The van der Waals surface area contributed by atoms with Gasteiger partial charge in [0.25, 0.3) is 0 Å². The lowest BCUT2D eigenvalue weighted by molar-refractivity contribution is 0.238. The molecular weight excluding hydrogens is 176 g/mol. The first-order valence-electron chi connectivity index (χ1n) is 4.17. The molecule has 4 heteroatoms. The zero-order valence-corrected chi connectivity index (χ0v) is 8.36. The van der Waals surface area contributed by atoms with Crippen molar-refractivity contribution in [3.63, 3.8) is 0 Å². The van der Waals surface area contributed by atoms with E-state index in [-0.39, 0.29) is 12.4 Å². The highest BCUT2D eigenvalue weighted by atomic mass is 35.5. The average molecular weight is 193 g/mol. The van der Waals surface area contributed by atoms with Crippen LogP contribution in [0.1, 0.15) is 26.7 Å². The van der Waals surface area contributed by atoms with Crippen molar-refractivity contribution >= 4 is 18.4 Å². The van der Waals surface area contributed by atoms with E-state index in [1.165, 1.54) is 12.8 Å². The first kappa shape index (κ1) is 11.6. The standard InChI is InChI=1S/C8H16N2O.ClH/c1-5-3-4-6(2)7(5)10-8(9)11;/h5-7H,3-4H2,1-2H3,(H3,9,10,11);1H. The van der Waals surface area contributed by atoms with Crippen molar-refractivity contribution in [3.8, 4) is 0 Å².